The van der Waals surface area contributed by atoms with Crippen LogP contribution < -0.4 is 11.1 Å². The molecule has 7 nitrogen and oxygen atoms in total. The van der Waals surface area contributed by atoms with Crippen molar-refractivity contribution in [2.75, 3.05) is 5.32 Å². The van der Waals surface area contributed by atoms with Crippen molar-refractivity contribution in [2.24, 2.45) is 10.9 Å². The number of anilines is 1. The fraction of sp³-hybridized carbons (Fsp3) is 0. The van der Waals surface area contributed by atoms with Gasteiger partial charge in [-0.25, -0.2) is 0 Å². The first-order valence-electron chi connectivity index (χ1n) is 5.30. The van der Waals surface area contributed by atoms with Crippen LogP contribution in [0, 0.1) is 0 Å². The average molecular weight is 359 g/mol. The number of oxime groups is 1. The average Bonchev–Trinajstić information content (AvgIpc) is 2.84. The van der Waals surface area contributed by atoms with Gasteiger partial charge in [0.15, 0.2) is 5.84 Å². The number of nitrogens with one attached hydrogen (secondary N) is 2. The van der Waals surface area contributed by atoms with Gasteiger partial charge in [-0.05, 0) is 18.2 Å². The molecular weight excluding hydrogens is 350 g/mol. The number of carbonyl (C=O) groups excluding carboxylic acids is 1. The maximum Gasteiger partial charge on any atom is 0.256 e. The number of H-pyrrole nitrogens is 1. The molecule has 1 aromatic heterocycles. The molecule has 2 rings (SSSR count). The number of halogens is 2. The van der Waals surface area contributed by atoms with Crippen molar-refractivity contribution in [2.45, 2.75) is 0 Å². The summed E-state index contributed by atoms with van der Waals surface area (Å²) >= 11 is 9.13. The van der Waals surface area contributed by atoms with Crippen molar-refractivity contribution in [1.82, 2.24) is 10.2 Å². The molecule has 0 unspecified atom stereocenters. The molecule has 1 amide bonds. The van der Waals surface area contributed by atoms with Crippen LogP contribution in [0.4, 0.5) is 5.82 Å². The summed E-state index contributed by atoms with van der Waals surface area (Å²) in [5, 5.41) is 20.8. The zero-order chi connectivity index (χ0) is 14.7. The van der Waals surface area contributed by atoms with E-state index in [1.54, 1.807) is 12.1 Å². The molecule has 9 heteroatoms. The molecule has 5 N–H and O–H groups in total. The summed E-state index contributed by atoms with van der Waals surface area (Å²) in [6, 6.07) is 4.79. The van der Waals surface area contributed by atoms with Crippen molar-refractivity contribution in [3.05, 3.63) is 45.0 Å². The number of benzene rings is 1. The molecular formula is C11H9BrClN5O2. The number of carbonyl (C=O) groups is 1. The predicted molar refractivity (Wildman–Crippen MR) is 78.2 cm³/mol. The van der Waals surface area contributed by atoms with Gasteiger partial charge in [-0.3, -0.25) is 9.89 Å². The van der Waals surface area contributed by atoms with Crippen LogP contribution in [-0.4, -0.2) is 27.1 Å². The van der Waals surface area contributed by atoms with Crippen molar-refractivity contribution in [3.8, 4) is 0 Å². The second kappa shape index (κ2) is 5.93. The summed E-state index contributed by atoms with van der Waals surface area (Å²) < 4.78 is 0.677. The van der Waals surface area contributed by atoms with E-state index < -0.39 is 5.91 Å². The quantitative estimate of drug-likeness (QED) is 0.291. The molecule has 0 aliphatic rings. The van der Waals surface area contributed by atoms with E-state index in [-0.39, 0.29) is 17.2 Å². The van der Waals surface area contributed by atoms with E-state index in [0.29, 0.717) is 15.1 Å². The molecule has 1 aromatic carbocycles. The molecule has 0 radical (unpaired) electrons. The largest absolute Gasteiger partial charge is 0.409 e. The molecule has 0 atom stereocenters. The minimum atomic E-state index is -0.413. The van der Waals surface area contributed by atoms with Gasteiger partial charge in [0.25, 0.3) is 5.91 Å². The van der Waals surface area contributed by atoms with Gasteiger partial charge in [0, 0.05) is 15.1 Å². The lowest BCUT2D eigenvalue weighted by atomic mass is 10.2. The molecule has 1 heterocycles. The first kappa shape index (κ1) is 14.4. The molecule has 104 valence electrons. The Kier molecular flexibility index (Phi) is 4.26. The number of amides is 1. The third kappa shape index (κ3) is 3.09. The summed E-state index contributed by atoms with van der Waals surface area (Å²) in [5.74, 6) is -0.354. The van der Waals surface area contributed by atoms with E-state index in [1.807, 2.05) is 0 Å². The third-order valence-corrected chi connectivity index (χ3v) is 3.06. The molecule has 0 bridgehead atoms. The minimum absolute atomic E-state index is 0.165. The van der Waals surface area contributed by atoms with E-state index in [2.05, 4.69) is 36.6 Å². The van der Waals surface area contributed by atoms with Crippen molar-refractivity contribution in [1.29, 1.82) is 0 Å². The summed E-state index contributed by atoms with van der Waals surface area (Å²) in [6.45, 7) is 0. The predicted octanol–water partition coefficient (Wildman–Crippen LogP) is 2.17. The Morgan fingerprint density at radius 3 is 2.90 bits per heavy atom. The van der Waals surface area contributed by atoms with Gasteiger partial charge in [-0.15, -0.1) is 0 Å². The molecule has 0 saturated carbocycles. The summed E-state index contributed by atoms with van der Waals surface area (Å²) in [7, 11) is 0. The summed E-state index contributed by atoms with van der Waals surface area (Å²) in [5.41, 5.74) is 6.09. The van der Waals surface area contributed by atoms with Gasteiger partial charge in [-0.2, -0.15) is 5.10 Å². The van der Waals surface area contributed by atoms with Crippen molar-refractivity contribution >= 4 is 45.1 Å². The van der Waals surface area contributed by atoms with Gasteiger partial charge in [0.05, 0.1) is 11.8 Å². The molecule has 0 spiro atoms. The van der Waals surface area contributed by atoms with Gasteiger partial charge >= 0.3 is 0 Å². The summed E-state index contributed by atoms with van der Waals surface area (Å²) in [6.07, 6.45) is 1.33. The molecule has 0 saturated heterocycles. The van der Waals surface area contributed by atoms with Crippen LogP contribution in [-0.2, 0) is 0 Å². The zero-order valence-electron chi connectivity index (χ0n) is 9.89. The van der Waals surface area contributed by atoms with Crippen LogP contribution in [0.5, 0.6) is 0 Å². The molecule has 20 heavy (non-hydrogen) atoms. The van der Waals surface area contributed by atoms with E-state index in [1.165, 1.54) is 12.3 Å². The lowest BCUT2D eigenvalue weighted by Crippen LogP contribution is -2.18. The van der Waals surface area contributed by atoms with E-state index in [0.717, 1.165) is 0 Å². The van der Waals surface area contributed by atoms with Gasteiger partial charge < -0.3 is 16.3 Å². The van der Waals surface area contributed by atoms with Crippen LogP contribution in [0.1, 0.15) is 15.9 Å². The van der Waals surface area contributed by atoms with E-state index >= 15 is 0 Å². The monoisotopic (exact) mass is 357 g/mol. The van der Waals surface area contributed by atoms with E-state index in [9.17, 15) is 4.79 Å². The van der Waals surface area contributed by atoms with Crippen LogP contribution >= 0.6 is 27.5 Å². The first-order valence-corrected chi connectivity index (χ1v) is 6.47. The van der Waals surface area contributed by atoms with Crippen LogP contribution in [0.3, 0.4) is 0 Å². The number of nitrogens with two attached hydrogens (primary N) is 1. The highest BCUT2D eigenvalue weighted by Gasteiger charge is 2.14. The number of nitrogens with zero attached hydrogens (tertiary/aromatic N) is 2. The second-order valence-corrected chi connectivity index (χ2v) is 5.11. The number of rotatable bonds is 3. The van der Waals surface area contributed by atoms with Crippen LogP contribution in [0.15, 0.2) is 34.0 Å². The first-order chi connectivity index (χ1) is 9.51. The topological polar surface area (TPSA) is 116 Å². The Hall–Kier alpha value is -2.06. The molecule has 0 fully saturated rings. The fourth-order valence-electron chi connectivity index (χ4n) is 1.50. The Balaban J connectivity index is 2.26. The smallest absolute Gasteiger partial charge is 0.256 e. The Bertz CT molecular complexity index is 665. The van der Waals surface area contributed by atoms with Gasteiger partial charge in [0.2, 0.25) is 0 Å². The zero-order valence-corrected chi connectivity index (χ0v) is 12.2. The highest BCUT2D eigenvalue weighted by atomic mass is 79.9. The fourth-order valence-corrected chi connectivity index (χ4v) is 2.36. The lowest BCUT2D eigenvalue weighted by molar-refractivity contribution is 0.102. The van der Waals surface area contributed by atoms with Gasteiger partial charge in [-0.1, -0.05) is 32.7 Å². The normalized spacial score (nSPS) is 11.4. The number of aromatic amines is 1. The number of amidine groups is 1. The lowest BCUT2D eigenvalue weighted by Gasteiger charge is -2.06. The highest BCUT2D eigenvalue weighted by Crippen LogP contribution is 2.20. The summed E-state index contributed by atoms with van der Waals surface area (Å²) in [4.78, 5) is 12.1. The number of hydrogen-bond donors (Lipinski definition) is 4. The maximum absolute atomic E-state index is 12.1. The number of aromatic nitrogens is 2. The standard InChI is InChI=1S/C11H9BrClN5O2/c12-6-1-5(2-7(13)3-6)11(19)16-10-8(4-15-17-10)9(14)18-20/h1-4,20H,(H2,14,18)(H2,15,16,17,19). The van der Waals surface area contributed by atoms with Crippen molar-refractivity contribution < 1.29 is 10.0 Å². The third-order valence-electron chi connectivity index (χ3n) is 2.39. The van der Waals surface area contributed by atoms with Crippen molar-refractivity contribution in [3.63, 3.8) is 0 Å². The van der Waals surface area contributed by atoms with E-state index in [4.69, 9.17) is 22.5 Å². The minimum Gasteiger partial charge on any atom is -0.409 e. The highest BCUT2D eigenvalue weighted by molar-refractivity contribution is 9.10. The van der Waals surface area contributed by atoms with Crippen LogP contribution in [0.2, 0.25) is 5.02 Å². The molecule has 2 aromatic rings. The Morgan fingerprint density at radius 2 is 2.25 bits per heavy atom. The van der Waals surface area contributed by atoms with Gasteiger partial charge in [0.1, 0.15) is 5.82 Å². The molecule has 0 aliphatic carbocycles. The second-order valence-electron chi connectivity index (χ2n) is 3.76. The maximum atomic E-state index is 12.1. The van der Waals surface area contributed by atoms with Crippen LogP contribution in [0.25, 0.3) is 0 Å². The Labute approximate surface area is 126 Å². The SMILES string of the molecule is N/C(=N/O)c1cn[nH]c1NC(=O)c1cc(Cl)cc(Br)c1. The molecule has 0 aliphatic heterocycles. The Morgan fingerprint density at radius 1 is 1.50 bits per heavy atom. The number of hydrogen-bond acceptors (Lipinski definition) is 4.